The van der Waals surface area contributed by atoms with Gasteiger partial charge in [0.25, 0.3) is 0 Å². The van der Waals surface area contributed by atoms with Crippen molar-refractivity contribution >= 4 is 36.5 Å². The van der Waals surface area contributed by atoms with Crippen LogP contribution in [0.1, 0.15) is 40.2 Å². The zero-order valence-electron chi connectivity index (χ0n) is 15.3. The molecule has 2 radical (unpaired) electrons. The molecule has 0 aliphatic carbocycles. The van der Waals surface area contributed by atoms with E-state index in [9.17, 15) is 13.6 Å². The van der Waals surface area contributed by atoms with Crippen molar-refractivity contribution in [1.82, 2.24) is 9.88 Å². The molecular weight excluding hydrogens is 433 g/mol. The summed E-state index contributed by atoms with van der Waals surface area (Å²) in [5.74, 6) is -3.11. The number of alkyl halides is 2. The SMILES string of the molecule is C[CH](C)[Sn][c]1cc(C2=CCN(C(=O)OC(C)(C)C)CC2(F)F)ccn1. The summed E-state index contributed by atoms with van der Waals surface area (Å²) in [5, 5.41) is 0. The molecule has 0 saturated heterocycles. The van der Waals surface area contributed by atoms with Crippen molar-refractivity contribution in [3.05, 3.63) is 30.0 Å². The Morgan fingerprint density at radius 2 is 2.08 bits per heavy atom. The third-order valence-electron chi connectivity index (χ3n) is 3.46. The van der Waals surface area contributed by atoms with Crippen LogP contribution >= 0.6 is 0 Å². The molecule has 2 heterocycles. The Morgan fingerprint density at radius 3 is 2.64 bits per heavy atom. The molecule has 1 amide bonds. The summed E-state index contributed by atoms with van der Waals surface area (Å²) in [7, 11) is 0. The molecule has 4 nitrogen and oxygen atoms in total. The average molecular weight is 457 g/mol. The van der Waals surface area contributed by atoms with Crippen molar-refractivity contribution in [2.75, 3.05) is 13.1 Å². The van der Waals surface area contributed by atoms with Crippen LogP contribution in [-0.2, 0) is 4.74 Å². The van der Waals surface area contributed by atoms with E-state index in [4.69, 9.17) is 4.74 Å². The quantitative estimate of drug-likeness (QED) is 0.653. The number of nitrogens with zero attached hydrogens (tertiary/aromatic N) is 2. The van der Waals surface area contributed by atoms with Gasteiger partial charge in [-0.1, -0.05) is 0 Å². The van der Waals surface area contributed by atoms with Gasteiger partial charge in [0.05, 0.1) is 0 Å². The molecule has 1 aromatic heterocycles. The van der Waals surface area contributed by atoms with E-state index in [2.05, 4.69) is 18.8 Å². The molecule has 0 saturated carbocycles. The van der Waals surface area contributed by atoms with Gasteiger partial charge >= 0.3 is 158 Å². The van der Waals surface area contributed by atoms with Crippen molar-refractivity contribution in [2.45, 2.75) is 50.1 Å². The van der Waals surface area contributed by atoms with Gasteiger partial charge in [0, 0.05) is 0 Å². The minimum absolute atomic E-state index is 0.0286. The van der Waals surface area contributed by atoms with Crippen molar-refractivity contribution in [3.63, 3.8) is 0 Å². The molecule has 1 aromatic rings. The third-order valence-corrected chi connectivity index (χ3v) is 6.73. The summed E-state index contributed by atoms with van der Waals surface area (Å²) < 4.78 is 36.1. The summed E-state index contributed by atoms with van der Waals surface area (Å²) in [6, 6.07) is 3.40. The van der Waals surface area contributed by atoms with Gasteiger partial charge in [0.1, 0.15) is 0 Å². The topological polar surface area (TPSA) is 42.4 Å². The van der Waals surface area contributed by atoms with Gasteiger partial charge in [-0.3, -0.25) is 0 Å². The van der Waals surface area contributed by atoms with E-state index in [1.807, 2.05) is 0 Å². The number of carbonyl (C=O) groups is 1. The second-order valence-corrected chi connectivity index (χ2v) is 13.0. The van der Waals surface area contributed by atoms with E-state index in [-0.39, 0.29) is 12.1 Å². The standard InChI is InChI=1S/C15H17F2N2O2.C3H7.Sn/c1-14(2,3)21-13(20)19-9-6-12(15(16,17)10-19)11-4-7-18-8-5-11;1-3-2;/h4-7H,9-10H2,1-3H3;3H,1-2H3;. The van der Waals surface area contributed by atoms with E-state index in [1.165, 1.54) is 6.08 Å². The number of halogens is 2. The number of ether oxygens (including phenoxy) is 1. The number of carbonyl (C=O) groups excluding carboxylic acids is 1. The normalized spacial score (nSPS) is 17.4. The van der Waals surface area contributed by atoms with Crippen molar-refractivity contribution < 1.29 is 18.3 Å². The van der Waals surface area contributed by atoms with Gasteiger partial charge in [-0.2, -0.15) is 0 Å². The number of hydrogen-bond acceptors (Lipinski definition) is 3. The Balaban J connectivity index is 2.22. The van der Waals surface area contributed by atoms with Crippen LogP contribution in [0.4, 0.5) is 13.6 Å². The molecule has 2 rings (SSSR count). The number of rotatable bonds is 3. The van der Waals surface area contributed by atoms with E-state index in [0.29, 0.717) is 9.50 Å². The first-order valence-electron chi connectivity index (χ1n) is 8.27. The molecule has 1 aliphatic rings. The van der Waals surface area contributed by atoms with Gasteiger partial charge < -0.3 is 0 Å². The van der Waals surface area contributed by atoms with Crippen LogP contribution in [-0.4, -0.2) is 61.7 Å². The molecular formula is C18H24F2N2O2Sn. The molecule has 25 heavy (non-hydrogen) atoms. The Hall–Kier alpha value is -1.18. The maximum atomic E-state index is 14.7. The van der Waals surface area contributed by atoms with Crippen molar-refractivity contribution in [3.8, 4) is 0 Å². The van der Waals surface area contributed by atoms with E-state index in [0.717, 1.165) is 8.61 Å². The minimum atomic E-state index is -3.11. The number of aromatic nitrogens is 1. The number of hydrogen-bond donors (Lipinski definition) is 0. The van der Waals surface area contributed by atoms with Crippen LogP contribution in [0.5, 0.6) is 0 Å². The van der Waals surface area contributed by atoms with E-state index >= 15 is 0 Å². The number of amides is 1. The van der Waals surface area contributed by atoms with E-state index in [1.54, 1.807) is 39.1 Å². The number of pyridine rings is 1. The molecule has 0 atom stereocenters. The molecule has 0 bridgehead atoms. The fourth-order valence-electron chi connectivity index (χ4n) is 2.51. The molecule has 0 fully saturated rings. The molecule has 0 aromatic carbocycles. The maximum absolute atomic E-state index is 14.7. The van der Waals surface area contributed by atoms with Gasteiger partial charge in [-0.25, -0.2) is 0 Å². The van der Waals surface area contributed by atoms with Crippen LogP contribution in [0.25, 0.3) is 5.57 Å². The third kappa shape index (κ3) is 5.66. The summed E-state index contributed by atoms with van der Waals surface area (Å²) in [4.78, 5) is 17.4. The van der Waals surface area contributed by atoms with Gasteiger partial charge in [-0.05, 0) is 0 Å². The van der Waals surface area contributed by atoms with Gasteiger partial charge in [0.2, 0.25) is 0 Å². The van der Waals surface area contributed by atoms with E-state index < -0.39 is 45.3 Å². The summed E-state index contributed by atoms with van der Waals surface area (Å²) >= 11 is -0.874. The summed E-state index contributed by atoms with van der Waals surface area (Å²) in [6.45, 7) is 8.85. The first-order valence-corrected chi connectivity index (χ1v) is 11.3. The predicted octanol–water partition coefficient (Wildman–Crippen LogP) is 3.51. The van der Waals surface area contributed by atoms with Crippen molar-refractivity contribution in [2.24, 2.45) is 0 Å². The first kappa shape index (κ1) is 20.1. The zero-order chi connectivity index (χ0) is 18.8. The predicted molar refractivity (Wildman–Crippen MR) is 95.5 cm³/mol. The zero-order valence-corrected chi connectivity index (χ0v) is 18.1. The van der Waals surface area contributed by atoms with Crippen molar-refractivity contribution in [1.29, 1.82) is 0 Å². The Labute approximate surface area is 157 Å². The Bertz CT molecular complexity index is 669. The summed E-state index contributed by atoms with van der Waals surface area (Å²) in [5.41, 5.74) is -0.238. The second kappa shape index (κ2) is 7.60. The van der Waals surface area contributed by atoms with Gasteiger partial charge in [-0.15, -0.1) is 0 Å². The van der Waals surface area contributed by atoms with Crippen LogP contribution in [0, 0.1) is 0 Å². The van der Waals surface area contributed by atoms with Crippen LogP contribution in [0.15, 0.2) is 24.4 Å². The van der Waals surface area contributed by atoms with Gasteiger partial charge in [0.15, 0.2) is 0 Å². The molecule has 0 spiro atoms. The molecule has 0 N–H and O–H groups in total. The monoisotopic (exact) mass is 458 g/mol. The fourth-order valence-corrected chi connectivity index (χ4v) is 5.30. The Morgan fingerprint density at radius 1 is 1.40 bits per heavy atom. The first-order chi connectivity index (χ1) is 11.5. The van der Waals surface area contributed by atoms with Crippen LogP contribution in [0.2, 0.25) is 3.93 Å². The molecule has 1 aliphatic heterocycles. The fraction of sp³-hybridized carbons (Fsp3) is 0.556. The second-order valence-electron chi connectivity index (χ2n) is 7.41. The molecule has 7 heteroatoms. The average Bonchev–Trinajstić information content (AvgIpc) is 2.43. The summed E-state index contributed by atoms with van der Waals surface area (Å²) in [6.07, 6.45) is 2.31. The Kier molecular flexibility index (Phi) is 6.12. The van der Waals surface area contributed by atoms with Crippen LogP contribution in [0.3, 0.4) is 0 Å². The van der Waals surface area contributed by atoms with Crippen LogP contribution < -0.4 is 3.71 Å². The molecule has 0 unspecified atom stereocenters. The molecule has 136 valence electrons.